The van der Waals surface area contributed by atoms with E-state index in [1.807, 2.05) is 0 Å². The van der Waals surface area contributed by atoms with E-state index in [1.54, 1.807) is 36.4 Å². The van der Waals surface area contributed by atoms with Gasteiger partial charge in [0.25, 0.3) is 0 Å². The molecule has 1 aromatic heterocycles. The number of rotatable bonds is 3. The van der Waals surface area contributed by atoms with E-state index in [0.717, 1.165) is 0 Å². The third-order valence-electron chi connectivity index (χ3n) is 3.14. The highest BCUT2D eigenvalue weighted by molar-refractivity contribution is 5.65. The van der Waals surface area contributed by atoms with Crippen molar-refractivity contribution in [3.05, 3.63) is 65.9 Å². The highest BCUT2D eigenvalue weighted by Gasteiger charge is 2.19. The summed E-state index contributed by atoms with van der Waals surface area (Å²) in [6, 6.07) is 12.3. The summed E-state index contributed by atoms with van der Waals surface area (Å²) in [7, 11) is 0. The predicted molar refractivity (Wildman–Crippen MR) is 74.6 cm³/mol. The molecule has 1 heterocycles. The van der Waals surface area contributed by atoms with Crippen LogP contribution in [0.1, 0.15) is 5.69 Å². The van der Waals surface area contributed by atoms with E-state index >= 15 is 0 Å². The molecule has 2 N–H and O–H groups in total. The second kappa shape index (κ2) is 5.41. The van der Waals surface area contributed by atoms with E-state index in [1.165, 1.54) is 16.8 Å². The number of benzene rings is 2. The molecule has 4 nitrogen and oxygen atoms in total. The van der Waals surface area contributed by atoms with Gasteiger partial charge < -0.3 is 5.73 Å². The molecule has 0 saturated carbocycles. The maximum Gasteiger partial charge on any atom is 0.148 e. The summed E-state index contributed by atoms with van der Waals surface area (Å²) in [6.45, 7) is 0.0815. The maximum absolute atomic E-state index is 14.1. The molecule has 0 saturated heterocycles. The lowest BCUT2D eigenvalue weighted by molar-refractivity contribution is 0.605. The fourth-order valence-electron chi connectivity index (χ4n) is 2.17. The van der Waals surface area contributed by atoms with Gasteiger partial charge in [-0.25, -0.2) is 13.5 Å². The van der Waals surface area contributed by atoms with Crippen molar-refractivity contribution in [2.24, 2.45) is 5.73 Å². The molecule has 0 bridgehead atoms. The van der Waals surface area contributed by atoms with E-state index in [2.05, 4.69) is 10.3 Å². The average molecular weight is 286 g/mol. The van der Waals surface area contributed by atoms with Crippen LogP contribution < -0.4 is 5.73 Å². The molecule has 106 valence electrons. The molecule has 0 atom stereocenters. The van der Waals surface area contributed by atoms with Crippen molar-refractivity contribution in [2.45, 2.75) is 6.54 Å². The van der Waals surface area contributed by atoms with Crippen molar-refractivity contribution in [3.8, 4) is 16.9 Å². The third kappa shape index (κ3) is 2.30. The van der Waals surface area contributed by atoms with Crippen molar-refractivity contribution >= 4 is 0 Å². The molecule has 6 heteroatoms. The summed E-state index contributed by atoms with van der Waals surface area (Å²) in [4.78, 5) is 0. The van der Waals surface area contributed by atoms with Crippen molar-refractivity contribution < 1.29 is 8.78 Å². The molecule has 3 rings (SSSR count). The number of para-hydroxylation sites is 1. The van der Waals surface area contributed by atoms with E-state index in [0.29, 0.717) is 11.4 Å². The number of hydrogen-bond acceptors (Lipinski definition) is 3. The van der Waals surface area contributed by atoms with Crippen LogP contribution in [-0.4, -0.2) is 15.0 Å². The first-order valence-electron chi connectivity index (χ1n) is 6.37. The Kier molecular flexibility index (Phi) is 3.45. The lowest BCUT2D eigenvalue weighted by atomic mass is 10.1. The Balaban J connectivity index is 2.28. The van der Waals surface area contributed by atoms with Gasteiger partial charge in [0, 0.05) is 12.1 Å². The van der Waals surface area contributed by atoms with Crippen LogP contribution in [0.2, 0.25) is 0 Å². The zero-order chi connectivity index (χ0) is 14.8. The van der Waals surface area contributed by atoms with Gasteiger partial charge in [0.1, 0.15) is 28.7 Å². The number of halogens is 2. The SMILES string of the molecule is NCc1nnn(-c2ccccc2F)c1-c1ccccc1F. The van der Waals surface area contributed by atoms with Gasteiger partial charge in [-0.2, -0.15) is 0 Å². The van der Waals surface area contributed by atoms with Crippen LogP contribution in [0.5, 0.6) is 0 Å². The minimum Gasteiger partial charge on any atom is -0.325 e. The molecule has 2 aromatic carbocycles. The lowest BCUT2D eigenvalue weighted by Gasteiger charge is -2.09. The monoisotopic (exact) mass is 286 g/mol. The average Bonchev–Trinajstić information content (AvgIpc) is 2.92. The van der Waals surface area contributed by atoms with Crippen LogP contribution in [0.25, 0.3) is 16.9 Å². The first-order chi connectivity index (χ1) is 10.2. The fraction of sp³-hybridized carbons (Fsp3) is 0.0667. The molecule has 0 fully saturated rings. The summed E-state index contributed by atoms with van der Waals surface area (Å²) in [5, 5.41) is 7.84. The highest BCUT2D eigenvalue weighted by atomic mass is 19.1. The summed E-state index contributed by atoms with van der Waals surface area (Å²) in [5.74, 6) is -0.907. The van der Waals surface area contributed by atoms with Crippen LogP contribution in [0.15, 0.2) is 48.5 Å². The summed E-state index contributed by atoms with van der Waals surface area (Å²) >= 11 is 0. The van der Waals surface area contributed by atoms with E-state index in [4.69, 9.17) is 5.73 Å². The lowest BCUT2D eigenvalue weighted by Crippen LogP contribution is -2.05. The number of aromatic nitrogens is 3. The van der Waals surface area contributed by atoms with Gasteiger partial charge in [0.2, 0.25) is 0 Å². The van der Waals surface area contributed by atoms with Crippen molar-refractivity contribution in [3.63, 3.8) is 0 Å². The third-order valence-corrected chi connectivity index (χ3v) is 3.14. The van der Waals surface area contributed by atoms with E-state index in [-0.39, 0.29) is 17.8 Å². The van der Waals surface area contributed by atoms with Gasteiger partial charge in [-0.15, -0.1) is 5.10 Å². The van der Waals surface area contributed by atoms with Gasteiger partial charge in [-0.05, 0) is 24.3 Å². The molecule has 0 radical (unpaired) electrons. The largest absolute Gasteiger partial charge is 0.325 e. The highest BCUT2D eigenvalue weighted by Crippen LogP contribution is 2.28. The maximum atomic E-state index is 14.1. The van der Waals surface area contributed by atoms with E-state index in [9.17, 15) is 8.78 Å². The van der Waals surface area contributed by atoms with Crippen molar-refractivity contribution in [2.75, 3.05) is 0 Å². The Morgan fingerprint density at radius 3 is 2.29 bits per heavy atom. The topological polar surface area (TPSA) is 56.7 Å². The van der Waals surface area contributed by atoms with Crippen LogP contribution in [0.4, 0.5) is 8.78 Å². The van der Waals surface area contributed by atoms with Crippen LogP contribution in [0.3, 0.4) is 0 Å². The Morgan fingerprint density at radius 2 is 1.62 bits per heavy atom. The molecule has 0 aliphatic heterocycles. The predicted octanol–water partition coefficient (Wildman–Crippen LogP) is 2.67. The van der Waals surface area contributed by atoms with Gasteiger partial charge in [0.05, 0.1) is 0 Å². The molecule has 0 unspecified atom stereocenters. The molecular weight excluding hydrogens is 274 g/mol. The summed E-state index contributed by atoms with van der Waals surface area (Å²) in [5.41, 5.74) is 6.88. The summed E-state index contributed by atoms with van der Waals surface area (Å²) in [6.07, 6.45) is 0. The van der Waals surface area contributed by atoms with Crippen molar-refractivity contribution in [1.29, 1.82) is 0 Å². The van der Waals surface area contributed by atoms with Gasteiger partial charge in [-0.1, -0.05) is 29.5 Å². The quantitative estimate of drug-likeness (QED) is 0.805. The normalized spacial score (nSPS) is 10.8. The smallest absolute Gasteiger partial charge is 0.148 e. The second-order valence-electron chi connectivity index (χ2n) is 4.43. The zero-order valence-electron chi connectivity index (χ0n) is 11.0. The molecule has 0 spiro atoms. The van der Waals surface area contributed by atoms with Gasteiger partial charge in [0.15, 0.2) is 0 Å². The minimum atomic E-state index is -0.469. The van der Waals surface area contributed by atoms with Gasteiger partial charge >= 0.3 is 0 Å². The fourth-order valence-corrected chi connectivity index (χ4v) is 2.17. The van der Waals surface area contributed by atoms with Crippen molar-refractivity contribution in [1.82, 2.24) is 15.0 Å². The Bertz CT molecular complexity index is 783. The van der Waals surface area contributed by atoms with Crippen LogP contribution in [-0.2, 0) is 6.54 Å². The van der Waals surface area contributed by atoms with Gasteiger partial charge in [-0.3, -0.25) is 0 Å². The second-order valence-corrected chi connectivity index (χ2v) is 4.43. The molecule has 3 aromatic rings. The van der Waals surface area contributed by atoms with Crippen LogP contribution in [0, 0.1) is 11.6 Å². The first kappa shape index (κ1) is 13.4. The van der Waals surface area contributed by atoms with E-state index < -0.39 is 11.6 Å². The minimum absolute atomic E-state index is 0.0815. The summed E-state index contributed by atoms with van der Waals surface area (Å²) < 4.78 is 29.3. The Morgan fingerprint density at radius 1 is 0.952 bits per heavy atom. The zero-order valence-corrected chi connectivity index (χ0v) is 11.0. The molecule has 0 aliphatic rings. The number of nitrogens with zero attached hydrogens (tertiary/aromatic N) is 3. The Labute approximate surface area is 119 Å². The molecule has 0 amide bonds. The molecular formula is C15H12F2N4. The molecule has 0 aliphatic carbocycles. The first-order valence-corrected chi connectivity index (χ1v) is 6.37. The van der Waals surface area contributed by atoms with Crippen LogP contribution >= 0.6 is 0 Å². The number of nitrogens with two attached hydrogens (primary N) is 1. The standard InChI is InChI=1S/C15H12F2N4/c16-11-6-2-1-5-10(11)15-13(9-18)19-20-21(15)14-8-4-3-7-12(14)17/h1-8H,9,18H2. The number of hydrogen-bond donors (Lipinski definition) is 1. The molecule has 21 heavy (non-hydrogen) atoms. The Hall–Kier alpha value is -2.60.